The molecule has 0 radical (unpaired) electrons. The molecule has 0 spiro atoms. The van der Waals surface area contributed by atoms with Gasteiger partial charge in [-0.25, -0.2) is 0 Å². The normalized spacial score (nSPS) is 22.9. The first kappa shape index (κ1) is 8.51. The molecule has 70 valence electrons. The van der Waals surface area contributed by atoms with Crippen molar-refractivity contribution in [3.8, 4) is 0 Å². The molecule has 3 heteroatoms. The number of hydrogen-bond donors (Lipinski definition) is 1. The van der Waals surface area contributed by atoms with Crippen LogP contribution in [-0.2, 0) is 4.74 Å². The van der Waals surface area contributed by atoms with Crippen LogP contribution in [0.3, 0.4) is 0 Å². The molecule has 0 bridgehead atoms. The number of H-pyrrole nitrogens is 1. The summed E-state index contributed by atoms with van der Waals surface area (Å²) < 4.78 is 5.37. The summed E-state index contributed by atoms with van der Waals surface area (Å²) in [6.07, 6.45) is 4.07. The van der Waals surface area contributed by atoms with E-state index in [1.54, 1.807) is 12.3 Å². The average Bonchev–Trinajstić information content (AvgIpc) is 2.20. The van der Waals surface area contributed by atoms with Crippen molar-refractivity contribution in [3.63, 3.8) is 0 Å². The summed E-state index contributed by atoms with van der Waals surface area (Å²) in [6, 6.07) is 3.46. The lowest BCUT2D eigenvalue weighted by atomic mass is 9.95. The average molecular weight is 179 g/mol. The minimum atomic E-state index is -0.0412. The van der Waals surface area contributed by atoms with E-state index in [4.69, 9.17) is 4.74 Å². The lowest BCUT2D eigenvalue weighted by molar-refractivity contribution is 0.0803. The van der Waals surface area contributed by atoms with E-state index in [-0.39, 0.29) is 5.56 Å². The van der Waals surface area contributed by atoms with E-state index in [1.165, 1.54) is 5.56 Å². The molecule has 1 atom stereocenters. The Hall–Kier alpha value is -1.09. The fraction of sp³-hybridized carbons (Fsp3) is 0.500. The van der Waals surface area contributed by atoms with Gasteiger partial charge in [-0.05, 0) is 18.4 Å². The van der Waals surface area contributed by atoms with Crippen molar-refractivity contribution in [2.45, 2.75) is 18.8 Å². The van der Waals surface area contributed by atoms with E-state index in [0.29, 0.717) is 5.92 Å². The second-order valence-corrected chi connectivity index (χ2v) is 3.40. The molecule has 0 aliphatic carbocycles. The van der Waals surface area contributed by atoms with Crippen LogP contribution >= 0.6 is 0 Å². The van der Waals surface area contributed by atoms with E-state index < -0.39 is 0 Å². The predicted molar refractivity (Wildman–Crippen MR) is 49.9 cm³/mol. The van der Waals surface area contributed by atoms with Gasteiger partial charge in [0.1, 0.15) is 0 Å². The first-order valence-corrected chi connectivity index (χ1v) is 4.62. The lowest BCUT2D eigenvalue weighted by Crippen LogP contribution is -2.16. The molecule has 13 heavy (non-hydrogen) atoms. The molecule has 1 unspecified atom stereocenters. The Balaban J connectivity index is 2.14. The van der Waals surface area contributed by atoms with Gasteiger partial charge >= 0.3 is 0 Å². The Morgan fingerprint density at radius 1 is 1.46 bits per heavy atom. The van der Waals surface area contributed by atoms with Crippen molar-refractivity contribution in [1.82, 2.24) is 4.98 Å². The summed E-state index contributed by atoms with van der Waals surface area (Å²) in [5.74, 6) is 0.464. The summed E-state index contributed by atoms with van der Waals surface area (Å²) in [6.45, 7) is 1.66. The van der Waals surface area contributed by atoms with E-state index in [9.17, 15) is 4.79 Å². The zero-order valence-electron chi connectivity index (χ0n) is 7.45. The smallest absolute Gasteiger partial charge is 0.247 e. The van der Waals surface area contributed by atoms with Crippen LogP contribution in [-0.4, -0.2) is 18.2 Å². The van der Waals surface area contributed by atoms with Crippen LogP contribution < -0.4 is 5.56 Å². The van der Waals surface area contributed by atoms with Crippen LogP contribution in [0.15, 0.2) is 23.1 Å². The fourth-order valence-electron chi connectivity index (χ4n) is 1.68. The molecule has 0 aromatic carbocycles. The summed E-state index contributed by atoms with van der Waals surface area (Å²) >= 11 is 0. The molecular weight excluding hydrogens is 166 g/mol. The number of ether oxygens (including phenoxy) is 1. The summed E-state index contributed by atoms with van der Waals surface area (Å²) in [5.41, 5.74) is 1.14. The van der Waals surface area contributed by atoms with Gasteiger partial charge in [-0.2, -0.15) is 0 Å². The fourth-order valence-corrected chi connectivity index (χ4v) is 1.68. The van der Waals surface area contributed by atoms with Crippen LogP contribution in [0, 0.1) is 0 Å². The molecule has 0 saturated carbocycles. The highest BCUT2D eigenvalue weighted by Gasteiger charge is 2.15. The molecule has 1 N–H and O–H groups in total. The van der Waals surface area contributed by atoms with Crippen molar-refractivity contribution in [1.29, 1.82) is 0 Å². The number of aromatic nitrogens is 1. The molecule has 1 aromatic heterocycles. The van der Waals surface area contributed by atoms with E-state index in [1.807, 2.05) is 6.07 Å². The van der Waals surface area contributed by atoms with E-state index >= 15 is 0 Å². The number of pyridine rings is 1. The molecule has 1 aromatic rings. The van der Waals surface area contributed by atoms with E-state index in [0.717, 1.165) is 26.1 Å². The molecule has 2 rings (SSSR count). The lowest BCUT2D eigenvalue weighted by Gasteiger charge is -2.21. The SMILES string of the molecule is O=c1ccc(C2CCCOC2)c[nH]1. The Morgan fingerprint density at radius 2 is 2.38 bits per heavy atom. The molecular formula is C10H13NO2. The van der Waals surface area contributed by atoms with Crippen LogP contribution in [0.25, 0.3) is 0 Å². The molecule has 1 aliphatic heterocycles. The molecule has 1 saturated heterocycles. The van der Waals surface area contributed by atoms with Gasteiger partial charge in [-0.15, -0.1) is 0 Å². The first-order chi connectivity index (χ1) is 6.36. The van der Waals surface area contributed by atoms with Crippen LogP contribution in [0.4, 0.5) is 0 Å². The van der Waals surface area contributed by atoms with Crippen molar-refractivity contribution in [2.24, 2.45) is 0 Å². The van der Waals surface area contributed by atoms with Gasteiger partial charge in [0.25, 0.3) is 0 Å². The number of nitrogens with one attached hydrogen (secondary N) is 1. The molecule has 0 amide bonds. The first-order valence-electron chi connectivity index (χ1n) is 4.62. The van der Waals surface area contributed by atoms with E-state index in [2.05, 4.69) is 4.98 Å². The molecule has 2 heterocycles. The Kier molecular flexibility index (Phi) is 2.45. The van der Waals surface area contributed by atoms with Gasteiger partial charge in [0.2, 0.25) is 5.56 Å². The largest absolute Gasteiger partial charge is 0.381 e. The van der Waals surface area contributed by atoms with Crippen LogP contribution in [0.2, 0.25) is 0 Å². The van der Waals surface area contributed by atoms with Crippen LogP contribution in [0.5, 0.6) is 0 Å². The monoisotopic (exact) mass is 179 g/mol. The molecule has 1 aliphatic rings. The van der Waals surface area contributed by atoms with Crippen molar-refractivity contribution in [2.75, 3.05) is 13.2 Å². The highest BCUT2D eigenvalue weighted by molar-refractivity contribution is 5.15. The second-order valence-electron chi connectivity index (χ2n) is 3.40. The summed E-state index contributed by atoms with van der Waals surface area (Å²) in [5, 5.41) is 0. The van der Waals surface area contributed by atoms with Crippen molar-refractivity contribution < 1.29 is 4.74 Å². The minimum Gasteiger partial charge on any atom is -0.381 e. The number of hydrogen-bond acceptors (Lipinski definition) is 2. The van der Waals surface area contributed by atoms with Gasteiger partial charge in [0.05, 0.1) is 6.61 Å². The Morgan fingerprint density at radius 3 is 3.00 bits per heavy atom. The Bertz CT molecular complexity index is 305. The molecule has 3 nitrogen and oxygen atoms in total. The third-order valence-electron chi connectivity index (χ3n) is 2.44. The maximum absolute atomic E-state index is 10.8. The summed E-state index contributed by atoms with van der Waals surface area (Å²) in [4.78, 5) is 13.5. The maximum Gasteiger partial charge on any atom is 0.247 e. The zero-order valence-corrected chi connectivity index (χ0v) is 7.45. The third kappa shape index (κ3) is 1.98. The highest BCUT2D eigenvalue weighted by Crippen LogP contribution is 2.23. The maximum atomic E-state index is 10.8. The van der Waals surface area contributed by atoms with Crippen molar-refractivity contribution >= 4 is 0 Å². The van der Waals surface area contributed by atoms with Gasteiger partial charge in [0.15, 0.2) is 0 Å². The highest BCUT2D eigenvalue weighted by atomic mass is 16.5. The topological polar surface area (TPSA) is 42.1 Å². The number of rotatable bonds is 1. The second kappa shape index (κ2) is 3.75. The Labute approximate surface area is 76.7 Å². The summed E-state index contributed by atoms with van der Waals surface area (Å²) in [7, 11) is 0. The zero-order chi connectivity index (χ0) is 9.10. The third-order valence-corrected chi connectivity index (χ3v) is 2.44. The van der Waals surface area contributed by atoms with Gasteiger partial charge in [-0.3, -0.25) is 4.79 Å². The number of aromatic amines is 1. The van der Waals surface area contributed by atoms with Crippen molar-refractivity contribution in [3.05, 3.63) is 34.2 Å². The predicted octanol–water partition coefficient (Wildman–Crippen LogP) is 1.27. The molecule has 1 fully saturated rings. The quantitative estimate of drug-likeness (QED) is 0.705. The van der Waals surface area contributed by atoms with Crippen LogP contribution in [0.1, 0.15) is 24.3 Å². The standard InChI is InChI=1S/C10H13NO2/c12-10-4-3-8(6-11-10)9-2-1-5-13-7-9/h3-4,6,9H,1-2,5,7H2,(H,11,12). The van der Waals surface area contributed by atoms with Gasteiger partial charge in [0, 0.05) is 24.8 Å². The van der Waals surface area contributed by atoms with Gasteiger partial charge in [-0.1, -0.05) is 6.07 Å². The van der Waals surface area contributed by atoms with Gasteiger partial charge < -0.3 is 9.72 Å². The minimum absolute atomic E-state index is 0.0412.